The molecule has 1 aliphatic heterocycles. The Bertz CT molecular complexity index is 490. The Balaban J connectivity index is 1.85. The van der Waals surface area contributed by atoms with Crippen LogP contribution < -0.4 is 11.1 Å². The minimum absolute atomic E-state index is 0.514. The van der Waals surface area contributed by atoms with Gasteiger partial charge in [0.2, 0.25) is 0 Å². The van der Waals surface area contributed by atoms with E-state index in [1.54, 1.807) is 0 Å². The lowest BCUT2D eigenvalue weighted by Gasteiger charge is -2.39. The Kier molecular flexibility index (Phi) is 3.69. The van der Waals surface area contributed by atoms with Crippen molar-refractivity contribution in [1.82, 2.24) is 0 Å². The summed E-state index contributed by atoms with van der Waals surface area (Å²) in [5.74, 6) is 1.23. The van der Waals surface area contributed by atoms with Gasteiger partial charge in [0.05, 0.1) is 0 Å². The van der Waals surface area contributed by atoms with Gasteiger partial charge in [-0.05, 0) is 43.4 Å². The maximum atomic E-state index is 5.81. The van der Waals surface area contributed by atoms with Gasteiger partial charge in [0.1, 0.15) is 0 Å². The molecule has 0 saturated carbocycles. The van der Waals surface area contributed by atoms with Crippen LogP contribution in [0.15, 0.2) is 48.6 Å². The van der Waals surface area contributed by atoms with Gasteiger partial charge in [0.15, 0.2) is 0 Å². The molecular formula is C17H22N2. The number of hydrogen-bond donors (Lipinski definition) is 2. The third kappa shape index (κ3) is 2.59. The molecule has 19 heavy (non-hydrogen) atoms. The Morgan fingerprint density at radius 1 is 1.21 bits per heavy atom. The van der Waals surface area contributed by atoms with Crippen LogP contribution in [0.3, 0.4) is 0 Å². The van der Waals surface area contributed by atoms with Gasteiger partial charge in [0, 0.05) is 17.6 Å². The summed E-state index contributed by atoms with van der Waals surface area (Å²) < 4.78 is 0. The van der Waals surface area contributed by atoms with Crippen molar-refractivity contribution in [3.8, 4) is 0 Å². The summed E-state index contributed by atoms with van der Waals surface area (Å²) in [6.45, 7) is 0.775. The van der Waals surface area contributed by atoms with Gasteiger partial charge in [-0.1, -0.05) is 42.5 Å². The maximum Gasteiger partial charge on any atom is 0.0375 e. The molecule has 1 aliphatic carbocycles. The Labute approximate surface area is 115 Å². The summed E-state index contributed by atoms with van der Waals surface area (Å²) in [6.07, 6.45) is 12.3. The molecule has 0 spiro atoms. The fourth-order valence-electron chi connectivity index (χ4n) is 3.36. The van der Waals surface area contributed by atoms with Crippen LogP contribution in [0, 0.1) is 11.8 Å². The van der Waals surface area contributed by atoms with E-state index in [9.17, 15) is 0 Å². The second-order valence-corrected chi connectivity index (χ2v) is 5.58. The van der Waals surface area contributed by atoms with E-state index in [1.807, 2.05) is 0 Å². The molecule has 3 N–H and O–H groups in total. The quantitative estimate of drug-likeness (QED) is 0.869. The highest BCUT2D eigenvalue weighted by atomic mass is 15.0. The van der Waals surface area contributed by atoms with Gasteiger partial charge >= 0.3 is 0 Å². The summed E-state index contributed by atoms with van der Waals surface area (Å²) in [4.78, 5) is 0. The summed E-state index contributed by atoms with van der Waals surface area (Å²) in [5.41, 5.74) is 8.56. The molecular weight excluding hydrogens is 232 g/mol. The van der Waals surface area contributed by atoms with Crippen LogP contribution in [-0.4, -0.2) is 12.6 Å². The van der Waals surface area contributed by atoms with Gasteiger partial charge in [0.25, 0.3) is 0 Å². The zero-order valence-electron chi connectivity index (χ0n) is 11.3. The van der Waals surface area contributed by atoms with Crippen molar-refractivity contribution in [3.05, 3.63) is 54.1 Å². The van der Waals surface area contributed by atoms with Crippen LogP contribution >= 0.6 is 0 Å². The van der Waals surface area contributed by atoms with Crippen molar-refractivity contribution in [2.24, 2.45) is 17.6 Å². The lowest BCUT2D eigenvalue weighted by atomic mass is 9.77. The van der Waals surface area contributed by atoms with E-state index in [1.165, 1.54) is 11.3 Å². The number of rotatable bonds is 3. The molecule has 1 aromatic carbocycles. The monoisotopic (exact) mass is 254 g/mol. The van der Waals surface area contributed by atoms with Crippen LogP contribution in [0.1, 0.15) is 18.4 Å². The first-order valence-electron chi connectivity index (χ1n) is 7.26. The first-order chi connectivity index (χ1) is 9.38. The Morgan fingerprint density at radius 3 is 2.89 bits per heavy atom. The number of allylic oxidation sites excluding steroid dienone is 3. The van der Waals surface area contributed by atoms with E-state index in [2.05, 4.69) is 53.9 Å². The number of para-hydroxylation sites is 1. The molecule has 1 aromatic rings. The van der Waals surface area contributed by atoms with Crippen molar-refractivity contribution < 1.29 is 0 Å². The maximum absolute atomic E-state index is 5.81. The molecule has 1 unspecified atom stereocenters. The lowest BCUT2D eigenvalue weighted by Crippen LogP contribution is -2.41. The molecule has 0 radical (unpaired) electrons. The third-order valence-electron chi connectivity index (χ3n) is 4.34. The second-order valence-electron chi connectivity index (χ2n) is 5.58. The van der Waals surface area contributed by atoms with Gasteiger partial charge in [-0.15, -0.1) is 0 Å². The van der Waals surface area contributed by atoms with Crippen molar-refractivity contribution in [1.29, 1.82) is 0 Å². The predicted molar refractivity (Wildman–Crippen MR) is 81.1 cm³/mol. The zero-order valence-corrected chi connectivity index (χ0v) is 11.3. The van der Waals surface area contributed by atoms with Gasteiger partial charge in [-0.2, -0.15) is 0 Å². The molecule has 0 bridgehead atoms. The largest absolute Gasteiger partial charge is 0.381 e. The molecule has 2 heteroatoms. The fraction of sp³-hybridized carbons (Fsp3) is 0.412. The average molecular weight is 254 g/mol. The molecule has 1 heterocycles. The topological polar surface area (TPSA) is 38.0 Å². The normalized spacial score (nSPS) is 28.8. The molecule has 3 rings (SSSR count). The number of nitrogens with two attached hydrogens (primary N) is 1. The number of benzene rings is 1. The molecule has 3 atom stereocenters. The van der Waals surface area contributed by atoms with E-state index in [0.29, 0.717) is 17.9 Å². The number of hydrogen-bond acceptors (Lipinski definition) is 2. The first kappa shape index (κ1) is 12.5. The Hall–Kier alpha value is -1.54. The predicted octanol–water partition coefficient (Wildman–Crippen LogP) is 3.12. The summed E-state index contributed by atoms with van der Waals surface area (Å²) in [6, 6.07) is 9.19. The van der Waals surface area contributed by atoms with Gasteiger partial charge < -0.3 is 11.1 Å². The molecule has 0 aromatic heterocycles. The standard InChI is InChI=1S/C17H22N2/c18-11-10-15-12-14-8-4-5-9-16(14)19-17(15)13-6-2-1-3-7-13/h1-6,8-9,13,15,17,19H,7,10-12,18H2/t13?,15-,17-/m0/s1. The summed E-state index contributed by atoms with van der Waals surface area (Å²) >= 11 is 0. The fourth-order valence-corrected chi connectivity index (χ4v) is 3.36. The molecule has 0 saturated heterocycles. The highest BCUT2D eigenvalue weighted by Gasteiger charge is 2.31. The summed E-state index contributed by atoms with van der Waals surface area (Å²) in [5, 5.41) is 3.76. The number of nitrogens with one attached hydrogen (secondary N) is 1. The molecule has 100 valence electrons. The van der Waals surface area contributed by atoms with E-state index >= 15 is 0 Å². The van der Waals surface area contributed by atoms with Gasteiger partial charge in [-0.3, -0.25) is 0 Å². The van der Waals surface area contributed by atoms with Crippen LogP contribution in [0.2, 0.25) is 0 Å². The zero-order chi connectivity index (χ0) is 13.1. The van der Waals surface area contributed by atoms with E-state index in [4.69, 9.17) is 5.73 Å². The average Bonchev–Trinajstić information content (AvgIpc) is 2.48. The van der Waals surface area contributed by atoms with Crippen molar-refractivity contribution >= 4 is 5.69 Å². The van der Waals surface area contributed by atoms with Crippen LogP contribution in [0.4, 0.5) is 5.69 Å². The number of fused-ring (bicyclic) bond motifs is 1. The van der Waals surface area contributed by atoms with E-state index < -0.39 is 0 Å². The third-order valence-corrected chi connectivity index (χ3v) is 4.34. The second kappa shape index (κ2) is 5.62. The first-order valence-corrected chi connectivity index (χ1v) is 7.26. The van der Waals surface area contributed by atoms with Crippen LogP contribution in [0.25, 0.3) is 0 Å². The van der Waals surface area contributed by atoms with Crippen molar-refractivity contribution in [2.45, 2.75) is 25.3 Å². The van der Waals surface area contributed by atoms with Crippen molar-refractivity contribution in [2.75, 3.05) is 11.9 Å². The molecule has 0 amide bonds. The van der Waals surface area contributed by atoms with Crippen LogP contribution in [-0.2, 0) is 6.42 Å². The highest BCUT2D eigenvalue weighted by Crippen LogP contribution is 2.35. The molecule has 2 aliphatic rings. The van der Waals surface area contributed by atoms with Crippen molar-refractivity contribution in [3.63, 3.8) is 0 Å². The minimum Gasteiger partial charge on any atom is -0.381 e. The van der Waals surface area contributed by atoms with Crippen LogP contribution in [0.5, 0.6) is 0 Å². The molecule has 2 nitrogen and oxygen atoms in total. The SMILES string of the molecule is NCC[C@H]1Cc2ccccc2N[C@H]1C1C=CC=CC1. The van der Waals surface area contributed by atoms with E-state index in [0.717, 1.165) is 25.8 Å². The van der Waals surface area contributed by atoms with E-state index in [-0.39, 0.29) is 0 Å². The summed E-state index contributed by atoms with van der Waals surface area (Å²) in [7, 11) is 0. The minimum atomic E-state index is 0.514. The molecule has 0 fully saturated rings. The lowest BCUT2D eigenvalue weighted by molar-refractivity contribution is 0.342. The smallest absolute Gasteiger partial charge is 0.0375 e. The number of anilines is 1. The Morgan fingerprint density at radius 2 is 2.11 bits per heavy atom. The highest BCUT2D eigenvalue weighted by molar-refractivity contribution is 5.54. The van der Waals surface area contributed by atoms with Gasteiger partial charge in [-0.25, -0.2) is 0 Å².